The van der Waals surface area contributed by atoms with E-state index in [1.807, 2.05) is 11.8 Å². The Kier molecular flexibility index (Phi) is 6.62. The van der Waals surface area contributed by atoms with Crippen molar-refractivity contribution in [1.82, 2.24) is 0 Å². The first kappa shape index (κ1) is 11.3. The number of rotatable bonds is 7. The van der Waals surface area contributed by atoms with E-state index in [-0.39, 0.29) is 6.61 Å². The van der Waals surface area contributed by atoms with Crippen LogP contribution in [0.1, 0.15) is 12.8 Å². The van der Waals surface area contributed by atoms with Crippen molar-refractivity contribution >= 4 is 11.8 Å². The van der Waals surface area contributed by atoms with E-state index in [1.165, 1.54) is 12.8 Å². The molecule has 1 aliphatic rings. The molecule has 0 bridgehead atoms. The SMILES string of the molecule is OCCOCCSCC1CCCO1. The monoisotopic (exact) mass is 206 g/mol. The second-order valence-electron chi connectivity index (χ2n) is 3.05. The molecule has 1 atom stereocenters. The predicted octanol–water partition coefficient (Wildman–Crippen LogP) is 0.907. The molecule has 4 heteroatoms. The van der Waals surface area contributed by atoms with E-state index in [9.17, 15) is 0 Å². The lowest BCUT2D eigenvalue weighted by molar-refractivity contribution is 0.103. The molecule has 0 aromatic rings. The van der Waals surface area contributed by atoms with Crippen molar-refractivity contribution in [3.05, 3.63) is 0 Å². The molecule has 78 valence electrons. The average molecular weight is 206 g/mol. The Balaban J connectivity index is 1.78. The molecule has 1 fully saturated rings. The van der Waals surface area contributed by atoms with Gasteiger partial charge in [0, 0.05) is 18.1 Å². The Labute approximate surface area is 83.8 Å². The van der Waals surface area contributed by atoms with Gasteiger partial charge in [-0.3, -0.25) is 0 Å². The normalized spacial score (nSPS) is 22.4. The molecule has 1 unspecified atom stereocenters. The average Bonchev–Trinajstić information content (AvgIpc) is 2.63. The van der Waals surface area contributed by atoms with Crippen molar-refractivity contribution in [2.24, 2.45) is 0 Å². The van der Waals surface area contributed by atoms with E-state index < -0.39 is 0 Å². The zero-order valence-electron chi connectivity index (χ0n) is 7.91. The number of hydrogen-bond acceptors (Lipinski definition) is 4. The molecule has 0 aliphatic carbocycles. The van der Waals surface area contributed by atoms with Crippen molar-refractivity contribution < 1.29 is 14.6 Å². The molecule has 0 saturated carbocycles. The molecular weight excluding hydrogens is 188 g/mol. The Bertz CT molecular complexity index is 115. The van der Waals surface area contributed by atoms with Crippen LogP contribution in [0.5, 0.6) is 0 Å². The smallest absolute Gasteiger partial charge is 0.0698 e. The van der Waals surface area contributed by atoms with Gasteiger partial charge in [-0.25, -0.2) is 0 Å². The summed E-state index contributed by atoms with van der Waals surface area (Å²) in [6, 6.07) is 0. The van der Waals surface area contributed by atoms with Crippen LogP contribution in [-0.4, -0.2) is 49.1 Å². The third kappa shape index (κ3) is 5.52. The fourth-order valence-corrected chi connectivity index (χ4v) is 2.20. The van der Waals surface area contributed by atoms with Crippen LogP contribution in [0, 0.1) is 0 Å². The lowest BCUT2D eigenvalue weighted by Gasteiger charge is -2.08. The van der Waals surface area contributed by atoms with Gasteiger partial charge in [-0.15, -0.1) is 0 Å². The van der Waals surface area contributed by atoms with E-state index in [0.29, 0.717) is 12.7 Å². The molecule has 0 radical (unpaired) electrons. The quantitative estimate of drug-likeness (QED) is 0.628. The molecular formula is C9H18O3S. The van der Waals surface area contributed by atoms with Crippen molar-refractivity contribution in [3.8, 4) is 0 Å². The minimum absolute atomic E-state index is 0.121. The van der Waals surface area contributed by atoms with Crippen LogP contribution in [0.15, 0.2) is 0 Å². The van der Waals surface area contributed by atoms with Gasteiger partial charge in [0.1, 0.15) is 0 Å². The van der Waals surface area contributed by atoms with E-state index in [0.717, 1.165) is 24.7 Å². The minimum Gasteiger partial charge on any atom is -0.394 e. The van der Waals surface area contributed by atoms with Gasteiger partial charge in [-0.1, -0.05) is 0 Å². The van der Waals surface area contributed by atoms with E-state index in [1.54, 1.807) is 0 Å². The molecule has 0 aromatic carbocycles. The molecule has 0 aromatic heterocycles. The van der Waals surface area contributed by atoms with E-state index in [4.69, 9.17) is 14.6 Å². The molecule has 1 heterocycles. The zero-order valence-corrected chi connectivity index (χ0v) is 8.72. The standard InChI is InChI=1S/C9H18O3S/c10-3-5-11-6-7-13-8-9-2-1-4-12-9/h9-10H,1-8H2. The summed E-state index contributed by atoms with van der Waals surface area (Å²) in [5.74, 6) is 2.09. The highest BCUT2D eigenvalue weighted by Crippen LogP contribution is 2.16. The summed E-state index contributed by atoms with van der Waals surface area (Å²) in [5, 5.41) is 8.44. The number of aliphatic hydroxyl groups excluding tert-OH is 1. The molecule has 1 aliphatic heterocycles. The van der Waals surface area contributed by atoms with Crippen molar-refractivity contribution in [1.29, 1.82) is 0 Å². The molecule has 0 spiro atoms. The summed E-state index contributed by atoms with van der Waals surface area (Å²) in [6.07, 6.45) is 2.90. The Morgan fingerprint density at radius 1 is 1.46 bits per heavy atom. The fraction of sp³-hybridized carbons (Fsp3) is 1.00. The summed E-state index contributed by atoms with van der Waals surface area (Å²) >= 11 is 1.87. The maximum Gasteiger partial charge on any atom is 0.0698 e. The van der Waals surface area contributed by atoms with Gasteiger partial charge in [-0.05, 0) is 12.8 Å². The molecule has 1 saturated heterocycles. The van der Waals surface area contributed by atoms with Crippen molar-refractivity contribution in [2.75, 3.05) is 37.9 Å². The van der Waals surface area contributed by atoms with Crippen LogP contribution in [0.3, 0.4) is 0 Å². The second-order valence-corrected chi connectivity index (χ2v) is 4.20. The van der Waals surface area contributed by atoms with Crippen LogP contribution in [0.25, 0.3) is 0 Å². The molecule has 1 rings (SSSR count). The lowest BCUT2D eigenvalue weighted by atomic mass is 10.3. The number of hydrogen-bond donors (Lipinski definition) is 1. The third-order valence-electron chi connectivity index (χ3n) is 1.94. The molecule has 13 heavy (non-hydrogen) atoms. The van der Waals surface area contributed by atoms with E-state index in [2.05, 4.69) is 0 Å². The van der Waals surface area contributed by atoms with Crippen LogP contribution in [0.2, 0.25) is 0 Å². The van der Waals surface area contributed by atoms with Gasteiger partial charge in [-0.2, -0.15) is 11.8 Å². The minimum atomic E-state index is 0.121. The fourth-order valence-electron chi connectivity index (χ4n) is 1.28. The molecule has 3 nitrogen and oxygen atoms in total. The lowest BCUT2D eigenvalue weighted by Crippen LogP contribution is -2.10. The molecule has 0 amide bonds. The van der Waals surface area contributed by atoms with Gasteiger partial charge < -0.3 is 14.6 Å². The maximum atomic E-state index is 8.44. The highest BCUT2D eigenvalue weighted by Gasteiger charge is 2.14. The first-order valence-corrected chi connectivity index (χ1v) is 5.97. The summed E-state index contributed by atoms with van der Waals surface area (Å²) in [4.78, 5) is 0. The van der Waals surface area contributed by atoms with Gasteiger partial charge in [0.15, 0.2) is 0 Å². The largest absolute Gasteiger partial charge is 0.394 e. The summed E-state index contributed by atoms with van der Waals surface area (Å²) in [6.45, 7) is 2.25. The van der Waals surface area contributed by atoms with E-state index >= 15 is 0 Å². The van der Waals surface area contributed by atoms with Gasteiger partial charge in [0.25, 0.3) is 0 Å². The zero-order chi connectivity index (χ0) is 9.36. The number of aliphatic hydroxyl groups is 1. The van der Waals surface area contributed by atoms with Crippen LogP contribution in [0.4, 0.5) is 0 Å². The summed E-state index contributed by atoms with van der Waals surface area (Å²) in [7, 11) is 0. The molecule has 1 N–H and O–H groups in total. The van der Waals surface area contributed by atoms with Crippen LogP contribution < -0.4 is 0 Å². The Morgan fingerprint density at radius 3 is 3.08 bits per heavy atom. The predicted molar refractivity (Wildman–Crippen MR) is 54.2 cm³/mol. The Hall–Kier alpha value is 0.230. The highest BCUT2D eigenvalue weighted by molar-refractivity contribution is 7.99. The third-order valence-corrected chi connectivity index (χ3v) is 3.00. The number of ether oxygens (including phenoxy) is 2. The summed E-state index contributed by atoms with van der Waals surface area (Å²) in [5.41, 5.74) is 0. The van der Waals surface area contributed by atoms with Crippen LogP contribution >= 0.6 is 11.8 Å². The Morgan fingerprint density at radius 2 is 2.38 bits per heavy atom. The second kappa shape index (κ2) is 7.62. The maximum absolute atomic E-state index is 8.44. The van der Waals surface area contributed by atoms with Gasteiger partial charge >= 0.3 is 0 Å². The summed E-state index contributed by atoms with van der Waals surface area (Å²) < 4.78 is 10.6. The topological polar surface area (TPSA) is 38.7 Å². The first-order valence-electron chi connectivity index (χ1n) is 4.81. The van der Waals surface area contributed by atoms with Gasteiger partial charge in [0.2, 0.25) is 0 Å². The van der Waals surface area contributed by atoms with Crippen molar-refractivity contribution in [2.45, 2.75) is 18.9 Å². The van der Waals surface area contributed by atoms with Gasteiger partial charge in [0.05, 0.1) is 25.9 Å². The first-order chi connectivity index (χ1) is 6.43. The van der Waals surface area contributed by atoms with Crippen molar-refractivity contribution in [3.63, 3.8) is 0 Å². The highest BCUT2D eigenvalue weighted by atomic mass is 32.2. The number of thioether (sulfide) groups is 1. The van der Waals surface area contributed by atoms with Crippen LogP contribution in [-0.2, 0) is 9.47 Å².